The van der Waals surface area contributed by atoms with E-state index in [4.69, 9.17) is 0 Å². The maximum atomic E-state index is 14.6. The molecule has 0 radical (unpaired) electrons. The third-order valence-corrected chi connectivity index (χ3v) is 8.43. The van der Waals surface area contributed by atoms with Gasteiger partial charge < -0.3 is 4.57 Å². The normalized spacial score (nSPS) is 11.5. The molecule has 30 heavy (non-hydrogen) atoms. The molecule has 5 aromatic rings. The van der Waals surface area contributed by atoms with Gasteiger partial charge in [0, 0.05) is 33.1 Å². The van der Waals surface area contributed by atoms with E-state index in [-0.39, 0.29) is 0 Å². The molecule has 0 fully saturated rings. The van der Waals surface area contributed by atoms with Gasteiger partial charge in [0.15, 0.2) is 7.14 Å². The molecule has 4 aromatic carbocycles. The van der Waals surface area contributed by atoms with Crippen LogP contribution in [0.15, 0.2) is 121 Å². The van der Waals surface area contributed by atoms with Crippen LogP contribution in [0.25, 0.3) is 22.0 Å². The summed E-state index contributed by atoms with van der Waals surface area (Å²) < 4.78 is 14.6. The number of fused-ring (bicyclic) bond motifs is 1. The van der Waals surface area contributed by atoms with Crippen LogP contribution in [-0.4, -0.2) is 4.98 Å². The van der Waals surface area contributed by atoms with Crippen LogP contribution in [0.5, 0.6) is 0 Å². The fraction of sp³-hybridized carbons (Fsp3) is 0. The van der Waals surface area contributed by atoms with E-state index in [0.717, 1.165) is 37.9 Å². The summed E-state index contributed by atoms with van der Waals surface area (Å²) in [6.07, 6.45) is 1.89. The standard InChI is InChI=1S/C27H20NOP/c29-30(24-13-3-1-4-14-24,25-15-5-2-6-16-25)26-17-9-12-22(18-26)27-19-21-10-7-8-11-23(21)20-28-27/h1-20H. The van der Waals surface area contributed by atoms with Crippen LogP contribution in [0, 0.1) is 0 Å². The van der Waals surface area contributed by atoms with E-state index in [1.165, 1.54) is 0 Å². The second kappa shape index (κ2) is 7.74. The van der Waals surface area contributed by atoms with Crippen molar-refractivity contribution in [3.05, 3.63) is 121 Å². The number of pyridine rings is 1. The molecule has 0 amide bonds. The number of hydrogen-bond donors (Lipinski definition) is 0. The van der Waals surface area contributed by atoms with Gasteiger partial charge in [-0.25, -0.2) is 0 Å². The molecule has 0 saturated carbocycles. The Morgan fingerprint density at radius 2 is 1.10 bits per heavy atom. The third-order valence-electron chi connectivity index (χ3n) is 5.38. The molecule has 0 aliphatic carbocycles. The van der Waals surface area contributed by atoms with Crippen molar-refractivity contribution in [1.82, 2.24) is 4.98 Å². The van der Waals surface area contributed by atoms with E-state index in [9.17, 15) is 4.57 Å². The Labute approximate surface area is 176 Å². The zero-order valence-electron chi connectivity index (χ0n) is 16.3. The summed E-state index contributed by atoms with van der Waals surface area (Å²) in [7, 11) is -3.00. The van der Waals surface area contributed by atoms with E-state index in [1.54, 1.807) is 0 Å². The molecule has 0 saturated heterocycles. The highest BCUT2D eigenvalue weighted by atomic mass is 31.2. The summed E-state index contributed by atoms with van der Waals surface area (Å²) in [5.74, 6) is 0. The van der Waals surface area contributed by atoms with E-state index < -0.39 is 7.14 Å². The minimum Gasteiger partial charge on any atom is -0.309 e. The molecule has 3 heteroatoms. The summed E-state index contributed by atoms with van der Waals surface area (Å²) in [5.41, 5.74) is 1.84. The molecule has 0 atom stereocenters. The van der Waals surface area contributed by atoms with Gasteiger partial charge >= 0.3 is 0 Å². The highest BCUT2D eigenvalue weighted by Gasteiger charge is 2.29. The van der Waals surface area contributed by atoms with E-state index in [2.05, 4.69) is 23.2 Å². The molecule has 0 aliphatic rings. The second-order valence-electron chi connectivity index (χ2n) is 7.25. The maximum Gasteiger partial charge on any atom is 0.171 e. The molecular weight excluding hydrogens is 385 g/mol. The minimum absolute atomic E-state index is 0.812. The molecule has 0 bridgehead atoms. The molecule has 1 aromatic heterocycles. The van der Waals surface area contributed by atoms with Crippen molar-refractivity contribution in [3.8, 4) is 11.3 Å². The van der Waals surface area contributed by atoms with E-state index in [0.29, 0.717) is 0 Å². The van der Waals surface area contributed by atoms with Gasteiger partial charge in [-0.3, -0.25) is 4.98 Å². The summed E-state index contributed by atoms with van der Waals surface area (Å²) >= 11 is 0. The number of rotatable bonds is 4. The van der Waals surface area contributed by atoms with Gasteiger partial charge in [0.2, 0.25) is 0 Å². The van der Waals surface area contributed by atoms with E-state index in [1.807, 2.05) is 103 Å². The van der Waals surface area contributed by atoms with Crippen molar-refractivity contribution < 1.29 is 4.57 Å². The molecule has 0 aliphatic heterocycles. The van der Waals surface area contributed by atoms with Crippen LogP contribution in [0.2, 0.25) is 0 Å². The summed E-state index contributed by atoms with van der Waals surface area (Å²) in [4.78, 5) is 4.66. The third kappa shape index (κ3) is 3.26. The van der Waals surface area contributed by atoms with Crippen molar-refractivity contribution >= 4 is 33.8 Å². The first kappa shape index (κ1) is 18.5. The molecule has 144 valence electrons. The Kier molecular flexibility index (Phi) is 4.78. The quantitative estimate of drug-likeness (QED) is 0.368. The van der Waals surface area contributed by atoms with Crippen LogP contribution in [0.1, 0.15) is 0 Å². The summed E-state index contributed by atoms with van der Waals surface area (Å²) in [6, 6.07) is 37.8. The van der Waals surface area contributed by atoms with Gasteiger partial charge in [0.25, 0.3) is 0 Å². The SMILES string of the molecule is O=P(c1ccccc1)(c1ccccc1)c1cccc(-c2cc3ccccc3cn2)c1. The first-order chi connectivity index (χ1) is 14.7. The van der Waals surface area contributed by atoms with Crippen LogP contribution in [0.3, 0.4) is 0 Å². The topological polar surface area (TPSA) is 30.0 Å². The van der Waals surface area contributed by atoms with Crippen LogP contribution < -0.4 is 15.9 Å². The Morgan fingerprint density at radius 1 is 0.533 bits per heavy atom. The Bertz CT molecular complexity index is 1320. The van der Waals surface area contributed by atoms with Crippen molar-refractivity contribution in [2.75, 3.05) is 0 Å². The Morgan fingerprint density at radius 3 is 1.77 bits per heavy atom. The van der Waals surface area contributed by atoms with Gasteiger partial charge in [0.1, 0.15) is 0 Å². The summed E-state index contributed by atoms with van der Waals surface area (Å²) in [5, 5.41) is 4.73. The van der Waals surface area contributed by atoms with Crippen LogP contribution in [0.4, 0.5) is 0 Å². The lowest BCUT2D eigenvalue weighted by atomic mass is 10.1. The predicted octanol–water partition coefficient (Wildman–Crippen LogP) is 5.54. The van der Waals surface area contributed by atoms with Crippen molar-refractivity contribution in [3.63, 3.8) is 0 Å². The number of hydrogen-bond acceptors (Lipinski definition) is 2. The van der Waals surface area contributed by atoms with Gasteiger partial charge in [-0.2, -0.15) is 0 Å². The number of nitrogens with zero attached hydrogens (tertiary/aromatic N) is 1. The van der Waals surface area contributed by atoms with Crippen molar-refractivity contribution in [1.29, 1.82) is 0 Å². The average Bonchev–Trinajstić information content (AvgIpc) is 2.84. The Hall–Kier alpha value is -3.48. The summed E-state index contributed by atoms with van der Waals surface area (Å²) in [6.45, 7) is 0. The molecule has 2 nitrogen and oxygen atoms in total. The maximum absolute atomic E-state index is 14.6. The monoisotopic (exact) mass is 405 g/mol. The molecule has 0 N–H and O–H groups in total. The molecule has 1 heterocycles. The largest absolute Gasteiger partial charge is 0.309 e. The zero-order chi connectivity index (χ0) is 20.4. The second-order valence-corrected chi connectivity index (χ2v) is 10.0. The molecule has 5 rings (SSSR count). The molecule has 0 unspecified atom stereocenters. The van der Waals surface area contributed by atoms with Gasteiger partial charge in [-0.05, 0) is 17.5 Å². The van der Waals surface area contributed by atoms with E-state index >= 15 is 0 Å². The van der Waals surface area contributed by atoms with Gasteiger partial charge in [-0.15, -0.1) is 0 Å². The zero-order valence-corrected chi connectivity index (χ0v) is 17.2. The molecular formula is C27H20NOP. The first-order valence-electron chi connectivity index (χ1n) is 9.92. The predicted molar refractivity (Wildman–Crippen MR) is 127 cm³/mol. The Balaban J connectivity index is 1.69. The fourth-order valence-corrected chi connectivity index (χ4v) is 6.52. The molecule has 0 spiro atoms. The van der Waals surface area contributed by atoms with Gasteiger partial charge in [0.05, 0.1) is 5.69 Å². The lowest BCUT2D eigenvalue weighted by molar-refractivity contribution is 0.592. The smallest absolute Gasteiger partial charge is 0.171 e. The number of aromatic nitrogens is 1. The highest BCUT2D eigenvalue weighted by Crippen LogP contribution is 2.42. The lowest BCUT2D eigenvalue weighted by Gasteiger charge is -2.20. The van der Waals surface area contributed by atoms with Crippen LogP contribution in [-0.2, 0) is 4.57 Å². The van der Waals surface area contributed by atoms with Crippen molar-refractivity contribution in [2.24, 2.45) is 0 Å². The highest BCUT2D eigenvalue weighted by molar-refractivity contribution is 7.85. The number of benzene rings is 4. The van der Waals surface area contributed by atoms with Crippen LogP contribution >= 0.6 is 7.14 Å². The first-order valence-corrected chi connectivity index (χ1v) is 11.6. The lowest BCUT2D eigenvalue weighted by Crippen LogP contribution is -2.25. The van der Waals surface area contributed by atoms with Crippen molar-refractivity contribution in [2.45, 2.75) is 0 Å². The van der Waals surface area contributed by atoms with Gasteiger partial charge in [-0.1, -0.05) is 103 Å². The average molecular weight is 405 g/mol. The minimum atomic E-state index is -3.00. The fourth-order valence-electron chi connectivity index (χ4n) is 3.83.